The Labute approximate surface area is 107 Å². The number of nitrogens with zero attached hydrogens (tertiary/aromatic N) is 2. The van der Waals surface area contributed by atoms with Gasteiger partial charge in [0.2, 0.25) is 0 Å². The van der Waals surface area contributed by atoms with Crippen LogP contribution in [-0.2, 0) is 0 Å². The maximum Gasteiger partial charge on any atom is 0.271 e. The number of aliphatic hydroxyl groups excluding tert-OH is 2. The van der Waals surface area contributed by atoms with Crippen LogP contribution in [0.1, 0.15) is 10.5 Å². The Bertz CT molecular complexity index is 405. The second-order valence-electron chi connectivity index (χ2n) is 3.10. The molecule has 8 heteroatoms. The molecule has 0 aliphatic carbocycles. The van der Waals surface area contributed by atoms with E-state index in [2.05, 4.69) is 15.3 Å². The van der Waals surface area contributed by atoms with E-state index in [1.165, 1.54) is 18.0 Å². The molecule has 0 aliphatic heterocycles. The minimum Gasteiger partial charge on any atom is -0.394 e. The van der Waals surface area contributed by atoms with Crippen LogP contribution in [0.2, 0.25) is 5.02 Å². The molecule has 0 aliphatic rings. The van der Waals surface area contributed by atoms with Gasteiger partial charge >= 0.3 is 0 Å². The SMILES string of the molecule is CSc1ncc(Cl)c(C(=O)NCC(O)CO)n1. The molecular weight excluding hydrogens is 266 g/mol. The second-order valence-corrected chi connectivity index (χ2v) is 4.28. The summed E-state index contributed by atoms with van der Waals surface area (Å²) < 4.78 is 0. The fraction of sp³-hybridized carbons (Fsp3) is 0.444. The van der Waals surface area contributed by atoms with Crippen molar-refractivity contribution in [1.29, 1.82) is 0 Å². The van der Waals surface area contributed by atoms with Gasteiger partial charge < -0.3 is 15.5 Å². The third-order valence-electron chi connectivity index (χ3n) is 1.83. The van der Waals surface area contributed by atoms with Gasteiger partial charge in [0, 0.05) is 6.54 Å². The van der Waals surface area contributed by atoms with Gasteiger partial charge in [0.25, 0.3) is 5.91 Å². The maximum atomic E-state index is 11.7. The lowest BCUT2D eigenvalue weighted by Gasteiger charge is -2.09. The van der Waals surface area contributed by atoms with Gasteiger partial charge in [-0.05, 0) is 6.26 Å². The first kappa shape index (κ1) is 14.2. The van der Waals surface area contributed by atoms with Crippen LogP contribution in [-0.4, -0.2) is 51.6 Å². The number of hydrogen-bond donors (Lipinski definition) is 3. The van der Waals surface area contributed by atoms with E-state index in [1.54, 1.807) is 6.26 Å². The zero-order valence-corrected chi connectivity index (χ0v) is 10.6. The number of aromatic nitrogens is 2. The van der Waals surface area contributed by atoms with Crippen molar-refractivity contribution in [2.24, 2.45) is 0 Å². The highest BCUT2D eigenvalue weighted by atomic mass is 35.5. The average molecular weight is 278 g/mol. The molecule has 1 aromatic rings. The maximum absolute atomic E-state index is 11.7. The van der Waals surface area contributed by atoms with Crippen LogP contribution >= 0.6 is 23.4 Å². The Morgan fingerprint density at radius 3 is 3.00 bits per heavy atom. The quantitative estimate of drug-likeness (QED) is 0.515. The number of carbonyl (C=O) groups is 1. The molecule has 0 fully saturated rings. The number of thioether (sulfide) groups is 1. The van der Waals surface area contributed by atoms with Crippen molar-refractivity contribution in [2.45, 2.75) is 11.3 Å². The predicted octanol–water partition coefficient (Wildman–Crippen LogP) is -0.0651. The van der Waals surface area contributed by atoms with E-state index in [1.807, 2.05) is 0 Å². The summed E-state index contributed by atoms with van der Waals surface area (Å²) in [6.45, 7) is -0.488. The number of halogens is 1. The van der Waals surface area contributed by atoms with Crippen molar-refractivity contribution < 1.29 is 15.0 Å². The van der Waals surface area contributed by atoms with E-state index in [-0.39, 0.29) is 17.3 Å². The first-order valence-electron chi connectivity index (χ1n) is 4.72. The smallest absolute Gasteiger partial charge is 0.271 e. The Kier molecular flexibility index (Phi) is 5.63. The summed E-state index contributed by atoms with van der Waals surface area (Å²) in [6.07, 6.45) is 2.12. The highest BCUT2D eigenvalue weighted by molar-refractivity contribution is 7.98. The van der Waals surface area contributed by atoms with Gasteiger partial charge in [0.15, 0.2) is 10.9 Å². The van der Waals surface area contributed by atoms with Crippen molar-refractivity contribution in [2.75, 3.05) is 19.4 Å². The molecule has 0 bridgehead atoms. The van der Waals surface area contributed by atoms with Crippen LogP contribution in [0.15, 0.2) is 11.4 Å². The van der Waals surface area contributed by atoms with E-state index in [4.69, 9.17) is 21.8 Å². The number of amides is 1. The van der Waals surface area contributed by atoms with Crippen LogP contribution < -0.4 is 5.32 Å². The van der Waals surface area contributed by atoms with Gasteiger partial charge in [-0.25, -0.2) is 9.97 Å². The average Bonchev–Trinajstić information content (AvgIpc) is 2.36. The molecule has 6 nitrogen and oxygen atoms in total. The molecule has 0 saturated carbocycles. The monoisotopic (exact) mass is 277 g/mol. The zero-order valence-electron chi connectivity index (χ0n) is 9.05. The first-order chi connectivity index (χ1) is 8.08. The van der Waals surface area contributed by atoms with Gasteiger partial charge in [-0.2, -0.15) is 0 Å². The van der Waals surface area contributed by atoms with Crippen molar-refractivity contribution in [3.8, 4) is 0 Å². The van der Waals surface area contributed by atoms with E-state index < -0.39 is 18.6 Å². The summed E-state index contributed by atoms with van der Waals surface area (Å²) in [5.74, 6) is -0.514. The second kappa shape index (κ2) is 6.75. The van der Waals surface area contributed by atoms with Gasteiger partial charge in [0.05, 0.1) is 23.9 Å². The van der Waals surface area contributed by atoms with Crippen LogP contribution in [0, 0.1) is 0 Å². The van der Waals surface area contributed by atoms with E-state index in [0.29, 0.717) is 5.16 Å². The first-order valence-corrected chi connectivity index (χ1v) is 6.32. The summed E-state index contributed by atoms with van der Waals surface area (Å²) in [5.41, 5.74) is 0.0520. The number of carbonyl (C=O) groups excluding carboxylic acids is 1. The molecule has 0 saturated heterocycles. The number of hydrogen-bond acceptors (Lipinski definition) is 6. The van der Waals surface area contributed by atoms with E-state index >= 15 is 0 Å². The molecule has 1 aromatic heterocycles. The standard InChI is InChI=1S/C9H12ClN3O3S/c1-17-9-12-3-6(10)7(13-9)8(16)11-2-5(15)4-14/h3,5,14-15H,2,4H2,1H3,(H,11,16). The lowest BCUT2D eigenvalue weighted by molar-refractivity contribution is 0.0798. The molecule has 1 unspecified atom stereocenters. The Morgan fingerprint density at radius 2 is 2.41 bits per heavy atom. The molecule has 0 aromatic carbocycles. The molecule has 1 amide bonds. The summed E-state index contributed by atoms with van der Waals surface area (Å²) in [7, 11) is 0. The van der Waals surface area contributed by atoms with Crippen molar-refractivity contribution in [1.82, 2.24) is 15.3 Å². The van der Waals surface area contributed by atoms with E-state index in [9.17, 15) is 4.79 Å². The zero-order chi connectivity index (χ0) is 12.8. The van der Waals surface area contributed by atoms with Crippen molar-refractivity contribution >= 4 is 29.3 Å². The Balaban J connectivity index is 2.74. The number of aliphatic hydroxyl groups is 2. The number of rotatable bonds is 5. The van der Waals surface area contributed by atoms with Crippen LogP contribution in [0.3, 0.4) is 0 Å². The molecule has 0 radical (unpaired) electrons. The van der Waals surface area contributed by atoms with Crippen molar-refractivity contribution in [3.63, 3.8) is 0 Å². The highest BCUT2D eigenvalue weighted by Crippen LogP contribution is 2.16. The molecule has 94 valence electrons. The van der Waals surface area contributed by atoms with Crippen LogP contribution in [0.25, 0.3) is 0 Å². The molecule has 0 spiro atoms. The van der Waals surface area contributed by atoms with Gasteiger partial charge in [-0.15, -0.1) is 0 Å². The predicted molar refractivity (Wildman–Crippen MR) is 64.2 cm³/mol. The molecule has 1 heterocycles. The van der Waals surface area contributed by atoms with Gasteiger partial charge in [-0.3, -0.25) is 4.79 Å². The Hall–Kier alpha value is -0.890. The molecular formula is C9H12ClN3O3S. The minimum atomic E-state index is -1.00. The topological polar surface area (TPSA) is 95.3 Å². The molecule has 3 N–H and O–H groups in total. The molecule has 1 rings (SSSR count). The summed E-state index contributed by atoms with van der Waals surface area (Å²) in [6, 6.07) is 0. The summed E-state index contributed by atoms with van der Waals surface area (Å²) in [4.78, 5) is 19.5. The van der Waals surface area contributed by atoms with Crippen LogP contribution in [0.4, 0.5) is 0 Å². The molecule has 1 atom stereocenters. The lowest BCUT2D eigenvalue weighted by Crippen LogP contribution is -2.34. The Morgan fingerprint density at radius 1 is 1.71 bits per heavy atom. The highest BCUT2D eigenvalue weighted by Gasteiger charge is 2.14. The summed E-state index contributed by atoms with van der Waals surface area (Å²) in [5, 5.41) is 20.7. The normalized spacial score (nSPS) is 12.2. The lowest BCUT2D eigenvalue weighted by atomic mass is 10.3. The van der Waals surface area contributed by atoms with Crippen LogP contribution in [0.5, 0.6) is 0 Å². The fourth-order valence-corrected chi connectivity index (χ4v) is 1.48. The third kappa shape index (κ3) is 4.12. The third-order valence-corrected chi connectivity index (χ3v) is 2.67. The van der Waals surface area contributed by atoms with Gasteiger partial charge in [0.1, 0.15) is 0 Å². The molecule has 17 heavy (non-hydrogen) atoms. The van der Waals surface area contributed by atoms with E-state index in [0.717, 1.165) is 0 Å². The van der Waals surface area contributed by atoms with Crippen molar-refractivity contribution in [3.05, 3.63) is 16.9 Å². The minimum absolute atomic E-state index is 0.0520. The van der Waals surface area contributed by atoms with Gasteiger partial charge in [-0.1, -0.05) is 23.4 Å². The summed E-state index contributed by atoms with van der Waals surface area (Å²) >= 11 is 7.08. The largest absolute Gasteiger partial charge is 0.394 e. The fourth-order valence-electron chi connectivity index (χ4n) is 0.967. The number of nitrogens with one attached hydrogen (secondary N) is 1.